The van der Waals surface area contributed by atoms with E-state index in [-0.39, 0.29) is 77.4 Å². The molecule has 29 heteroatoms. The number of nitrogens with one attached hydrogen (secondary N) is 2. The number of aliphatic hydroxyl groups is 1. The van der Waals surface area contributed by atoms with Gasteiger partial charge in [0.05, 0.1) is 42.2 Å². The number of carbonyl (C=O) groups excluding carboxylic acids is 5. The highest BCUT2D eigenvalue weighted by Gasteiger charge is 2.36. The second kappa shape index (κ2) is 40.0. The molecule has 6 aromatic carbocycles. The van der Waals surface area contributed by atoms with Gasteiger partial charge >= 0.3 is 18.2 Å². The van der Waals surface area contributed by atoms with Crippen molar-refractivity contribution in [1.82, 2.24) is 35.1 Å². The number of carboxylic acid groups (broad SMARTS) is 1. The number of nitrogen functional groups attached to an aromatic ring is 1. The van der Waals surface area contributed by atoms with Crippen LogP contribution in [0.15, 0.2) is 165 Å². The van der Waals surface area contributed by atoms with Crippen LogP contribution in [0.3, 0.4) is 0 Å². The van der Waals surface area contributed by atoms with Gasteiger partial charge in [0.2, 0.25) is 12.3 Å². The lowest BCUT2D eigenvalue weighted by molar-refractivity contribution is -0.139. The molecule has 2 saturated heterocycles. The fourth-order valence-corrected chi connectivity index (χ4v) is 12.9. The summed E-state index contributed by atoms with van der Waals surface area (Å²) < 4.78 is 42.2. The van der Waals surface area contributed by atoms with Gasteiger partial charge in [-0.3, -0.25) is 29.5 Å². The Labute approximate surface area is 627 Å². The largest absolute Gasteiger partial charge is 0.477 e. The lowest BCUT2D eigenvalue weighted by Gasteiger charge is -2.44. The number of H-pyrrole nitrogens is 1. The average molecular weight is 1550 g/mol. The average Bonchev–Trinajstić information content (AvgIpc) is 1.16. The third-order valence-electron chi connectivity index (χ3n) is 16.0. The number of aromatic nitrogens is 2. The summed E-state index contributed by atoms with van der Waals surface area (Å²) in [7, 11) is 3.28. The van der Waals surface area contributed by atoms with Crippen molar-refractivity contribution in [2.45, 2.75) is 68.0 Å². The highest BCUT2D eigenvalue weighted by molar-refractivity contribution is 9.10. The van der Waals surface area contributed by atoms with Gasteiger partial charge < -0.3 is 50.7 Å². The van der Waals surface area contributed by atoms with E-state index < -0.39 is 42.0 Å². The molecule has 23 nitrogen and oxygen atoms in total. The summed E-state index contributed by atoms with van der Waals surface area (Å²) in [6, 6.07) is 43.4. The molecule has 4 heterocycles. The summed E-state index contributed by atoms with van der Waals surface area (Å²) in [4.78, 5) is 96.1. The zero-order valence-corrected chi connectivity index (χ0v) is 62.0. The predicted molar refractivity (Wildman–Crippen MR) is 405 cm³/mol. The number of hydrazine groups is 1. The van der Waals surface area contributed by atoms with Crippen LogP contribution in [0.4, 0.5) is 24.2 Å². The number of aromatic carboxylic acids is 1. The van der Waals surface area contributed by atoms with Crippen LogP contribution < -0.4 is 27.1 Å². The summed E-state index contributed by atoms with van der Waals surface area (Å²) in [6.07, 6.45) is 6.62. The molecule has 2 aliphatic heterocycles. The van der Waals surface area contributed by atoms with Crippen LogP contribution >= 0.6 is 51.1 Å². The van der Waals surface area contributed by atoms with E-state index in [2.05, 4.69) is 66.6 Å². The summed E-state index contributed by atoms with van der Waals surface area (Å²) in [6.45, 7) is 6.83. The molecule has 4 unspecified atom stereocenters. The van der Waals surface area contributed by atoms with E-state index >= 15 is 0 Å². The van der Waals surface area contributed by atoms with Crippen LogP contribution in [0.2, 0.25) is 5.02 Å². The monoisotopic (exact) mass is 1550 g/mol. The second-order valence-corrected chi connectivity index (χ2v) is 27.0. The van der Waals surface area contributed by atoms with Crippen LogP contribution in [-0.4, -0.2) is 172 Å². The van der Waals surface area contributed by atoms with Crippen molar-refractivity contribution in [3.05, 3.63) is 233 Å². The number of rotatable bonds is 22. The summed E-state index contributed by atoms with van der Waals surface area (Å²) >= 11 is 11.6. The number of carbonyl (C=O) groups is 6. The van der Waals surface area contributed by atoms with E-state index in [1.807, 2.05) is 67.6 Å². The van der Waals surface area contributed by atoms with Crippen molar-refractivity contribution in [3.63, 3.8) is 0 Å². The number of hydrogen-bond acceptors (Lipinski definition) is 19. The van der Waals surface area contributed by atoms with Gasteiger partial charge in [0.25, 0.3) is 5.91 Å². The zero-order valence-electron chi connectivity index (χ0n) is 58.1. The Morgan fingerprint density at radius 3 is 2.20 bits per heavy atom. The number of anilines is 1. The Hall–Kier alpha value is -10.4. The van der Waals surface area contributed by atoms with Gasteiger partial charge in [-0.05, 0) is 138 Å². The van der Waals surface area contributed by atoms with E-state index in [0.717, 1.165) is 59.8 Å². The number of nitriles is 2. The SMILES string of the molecule is CN(C)C(=O)OCC(Cc1ccc2ccccc2c1)N1CCN(C(=O)C(N)Cc2ccc(F)cc2)C(CO)C1.CSc1c(C#N)c(N)nc(SCC(=O)c2ccc(OC(C)F)cc2)c1C#N.Cc1cc(/C=C/C(=O)NN2CCOC2=O)ccc1Cl.Cc1cc(=O)c(C(=O)O)c(/C=C/c2cccc(Br)c2)[nH]1. The van der Waals surface area contributed by atoms with Crippen LogP contribution in [0.5, 0.6) is 5.75 Å². The normalized spacial score (nSPS) is 14.2. The first-order valence-electron chi connectivity index (χ1n) is 32.5. The first-order valence-corrected chi connectivity index (χ1v) is 35.9. The predicted octanol–water partition coefficient (Wildman–Crippen LogP) is 11.9. The number of benzene rings is 6. The van der Waals surface area contributed by atoms with E-state index in [9.17, 15) is 58.0 Å². The number of amides is 4. The molecule has 105 heavy (non-hydrogen) atoms. The number of nitrogens with zero attached hydrogens (tertiary/aromatic N) is 7. The molecule has 0 bridgehead atoms. The molecular formula is C76H77BrClF2N11O12S2. The number of carboxylic acids is 1. The second-order valence-electron chi connectivity index (χ2n) is 23.9. The number of fused-ring (bicyclic) bond motifs is 1. The minimum atomic E-state index is -1.44. The number of nitrogens with two attached hydrogens (primary N) is 2. The number of halogens is 4. The van der Waals surface area contributed by atoms with Crippen molar-refractivity contribution >= 4 is 122 Å². The Balaban J connectivity index is 0.000000205. The number of aryl methyl sites for hydroxylation is 2. The molecule has 2 fully saturated rings. The number of Topliss-reactive ketones (excluding diaryl/α,β-unsaturated/α-hetero) is 1. The first kappa shape index (κ1) is 81.9. The number of hydrogen-bond donors (Lipinski definition) is 6. The lowest BCUT2D eigenvalue weighted by Crippen LogP contribution is -2.62. The number of thioether (sulfide) groups is 2. The smallest absolute Gasteiger partial charge is 0.428 e. The van der Waals surface area contributed by atoms with Gasteiger partial charge in [-0.1, -0.05) is 124 Å². The third-order valence-corrected chi connectivity index (χ3v) is 18.7. The molecule has 4 amide bonds. The van der Waals surface area contributed by atoms with E-state index in [4.69, 9.17) is 42.4 Å². The Kier molecular flexibility index (Phi) is 31.2. The van der Waals surface area contributed by atoms with Gasteiger partial charge in [-0.25, -0.2) is 33.2 Å². The maximum Gasteiger partial charge on any atom is 0.428 e. The number of piperazine rings is 1. The first-order chi connectivity index (χ1) is 50.2. The molecule has 2 aromatic heterocycles. The van der Waals surface area contributed by atoms with Gasteiger partial charge in [-0.2, -0.15) is 10.5 Å². The molecule has 548 valence electrons. The van der Waals surface area contributed by atoms with E-state index in [0.29, 0.717) is 76.9 Å². The summed E-state index contributed by atoms with van der Waals surface area (Å²) in [5.41, 5.74) is 20.0. The molecule has 0 spiro atoms. The van der Waals surface area contributed by atoms with Gasteiger partial charge in [0.15, 0.2) is 11.2 Å². The molecule has 4 atom stereocenters. The molecule has 8 N–H and O–H groups in total. The Bertz CT molecular complexity index is 4640. The maximum absolute atomic E-state index is 13.2. The van der Waals surface area contributed by atoms with Crippen molar-refractivity contribution < 1.29 is 62.0 Å². The van der Waals surface area contributed by atoms with Crippen molar-refractivity contribution in [2.24, 2.45) is 5.73 Å². The van der Waals surface area contributed by atoms with Crippen LogP contribution in [0.1, 0.15) is 78.0 Å². The van der Waals surface area contributed by atoms with Crippen LogP contribution in [0, 0.1) is 42.3 Å². The highest BCUT2D eigenvalue weighted by atomic mass is 79.9. The Morgan fingerprint density at radius 1 is 0.876 bits per heavy atom. The number of aliphatic hydroxyl groups excluding tert-OH is 1. The lowest BCUT2D eigenvalue weighted by atomic mass is 9.99. The molecule has 8 aromatic rings. The topological polar surface area (TPSA) is 341 Å². The number of ketones is 1. The fourth-order valence-electron chi connectivity index (χ4n) is 10.7. The molecule has 2 aliphatic rings. The zero-order chi connectivity index (χ0) is 76.4. The molecule has 10 rings (SSSR count). The minimum Gasteiger partial charge on any atom is -0.477 e. The standard InChI is InChI=1S/C30H37FN4O4.C18H15FN4O2S2.C15H12BrNO3.C13H13ClN2O3/c1-33(2)30(38)39-20-26(16-22-7-10-23-5-3-4-6-24(23)15-22)34-13-14-35(27(18-34)19-36)29(37)28(32)17-21-8-11-25(31)12-9-21;1-10(19)25-12-5-3-11(4-6-12)15(24)9-27-18-14(8-21)16(26-2)13(7-20)17(22)23-18;1-9-7-13(18)14(15(19)20)12(17-9)6-5-10-3-2-4-11(16)8-10;1-9-8-10(2-4-11(9)14)3-5-12(17)15-16-6-7-19-13(16)18/h3-12,15,26-28,36H,13-14,16-20,32H2,1-2H3;3-6,10H,9H2,1-2H3,(H2,22,23);2-8H,1H3,(H,17,18)(H,19,20);2-5,8H,6-7H2,1H3,(H,15,17)/b;;6-5+;5-3+. The molecule has 0 radical (unpaired) electrons. The molecule has 0 saturated carbocycles. The van der Waals surface area contributed by atoms with Crippen molar-refractivity contribution in [1.29, 1.82) is 10.5 Å². The number of aromatic amines is 1. The van der Waals surface area contributed by atoms with Crippen LogP contribution in [-0.2, 0) is 31.9 Å². The third kappa shape index (κ3) is 24.3. The van der Waals surface area contributed by atoms with Crippen molar-refractivity contribution in [3.8, 4) is 17.9 Å². The quantitative estimate of drug-likeness (QED) is 0.0208. The van der Waals surface area contributed by atoms with Crippen molar-refractivity contribution in [2.75, 3.05) is 77.8 Å². The van der Waals surface area contributed by atoms with E-state index in [1.165, 1.54) is 60.0 Å². The van der Waals surface area contributed by atoms with Gasteiger partial charge in [-0.15, -0.1) is 11.8 Å². The Morgan fingerprint density at radius 2 is 1.57 bits per heavy atom. The fraction of sp³-hybridized carbons (Fsp3) is 0.263. The highest BCUT2D eigenvalue weighted by Crippen LogP contribution is 2.34. The molecule has 0 aliphatic carbocycles. The summed E-state index contributed by atoms with van der Waals surface area (Å²) in [5.74, 6) is -2.02. The number of cyclic esters (lactones) is 1. The van der Waals surface area contributed by atoms with Gasteiger partial charge in [0.1, 0.15) is 58.9 Å². The number of ether oxygens (including phenoxy) is 3. The minimum absolute atomic E-state index is 0.0256. The maximum atomic E-state index is 13.2. The summed E-state index contributed by atoms with van der Waals surface area (Å²) in [5, 5.41) is 42.4. The number of pyridine rings is 2. The van der Waals surface area contributed by atoms with Crippen LogP contribution in [0.25, 0.3) is 29.0 Å². The molecular weight excluding hydrogens is 1480 g/mol. The number of alkyl halides is 1. The van der Waals surface area contributed by atoms with Gasteiger partial charge in [0, 0.05) is 84.5 Å². The van der Waals surface area contributed by atoms with E-state index in [1.54, 1.807) is 80.7 Å².